The first kappa shape index (κ1) is 7.64. The van der Waals surface area contributed by atoms with Crippen molar-refractivity contribution in [1.82, 2.24) is 0 Å². The second-order valence-corrected chi connectivity index (χ2v) is 6.95. The number of hydrogen-bond acceptors (Lipinski definition) is 3. The van der Waals surface area contributed by atoms with E-state index in [1.165, 1.54) is 6.42 Å². The van der Waals surface area contributed by atoms with Gasteiger partial charge in [0.2, 0.25) is 6.54 Å². The molecule has 4 bridgehead atoms. The Hall–Kier alpha value is -0.640. The quantitative estimate of drug-likeness (QED) is 0.509. The van der Waals surface area contributed by atoms with Crippen LogP contribution in [0.4, 0.5) is 0 Å². The average molecular weight is 219 g/mol. The fourth-order valence-electron chi connectivity index (χ4n) is 7.66. The Morgan fingerprint density at radius 2 is 2.06 bits per heavy atom. The summed E-state index contributed by atoms with van der Waals surface area (Å²) < 4.78 is 6.22. The van der Waals surface area contributed by atoms with Crippen LogP contribution in [-0.2, 0) is 4.74 Å². The first-order valence-electron chi connectivity index (χ1n) is 6.54. The van der Waals surface area contributed by atoms with Crippen LogP contribution in [0, 0.1) is 57.5 Å². The Morgan fingerprint density at radius 3 is 2.88 bits per heavy atom. The monoisotopic (exact) mass is 219 g/mol. The number of ether oxygens (including phenoxy) is 1. The number of hydrogen-bond donors (Lipinski definition) is 0. The molecule has 16 heavy (non-hydrogen) atoms. The Bertz CT molecular complexity index is 455. The van der Waals surface area contributed by atoms with Gasteiger partial charge in [0, 0.05) is 16.8 Å². The molecule has 2 saturated heterocycles. The maximum Gasteiger partial charge on any atom is 0.233 e. The van der Waals surface area contributed by atoms with Crippen LogP contribution < -0.4 is 0 Å². The zero-order valence-electron chi connectivity index (χ0n) is 8.78. The van der Waals surface area contributed by atoms with E-state index in [0.717, 1.165) is 35.5 Å². The Labute approximate surface area is 92.5 Å². The molecule has 7 fully saturated rings. The van der Waals surface area contributed by atoms with Crippen molar-refractivity contribution in [1.29, 1.82) is 0 Å². The van der Waals surface area contributed by atoms with E-state index < -0.39 is 0 Å². The molecule has 0 N–H and O–H groups in total. The molecule has 0 unspecified atom stereocenters. The highest BCUT2D eigenvalue weighted by Gasteiger charge is 2.93. The minimum absolute atomic E-state index is 0.0955. The van der Waals surface area contributed by atoms with Crippen LogP contribution >= 0.6 is 0 Å². The first-order chi connectivity index (χ1) is 7.74. The van der Waals surface area contributed by atoms with Crippen molar-refractivity contribution in [2.24, 2.45) is 47.3 Å². The van der Waals surface area contributed by atoms with Gasteiger partial charge in [-0.1, -0.05) is 0 Å². The zero-order chi connectivity index (χ0) is 10.4. The molecular weight excluding hydrogens is 206 g/mol. The standard InChI is InChI=1S/C12H13NO3/c14-13(15)2-12-9-4-1-3-5-6(4)10(12)8(5)11(16-12)7(3)9/h3-11H,1-2H2/t3-,4+,5-,6-,7+,8-,9+,10+,11+,12+/m0/s1. The van der Waals surface area contributed by atoms with Gasteiger partial charge in [0.15, 0.2) is 0 Å². The molecule has 10 atom stereocenters. The van der Waals surface area contributed by atoms with Crippen LogP contribution in [0.15, 0.2) is 0 Å². The summed E-state index contributed by atoms with van der Waals surface area (Å²) in [5.74, 6) is 6.13. The van der Waals surface area contributed by atoms with E-state index in [1.54, 1.807) is 0 Å². The number of rotatable bonds is 2. The Morgan fingerprint density at radius 1 is 1.19 bits per heavy atom. The minimum Gasteiger partial charge on any atom is -0.364 e. The Balaban J connectivity index is 1.62. The predicted molar refractivity (Wildman–Crippen MR) is 52.0 cm³/mol. The van der Waals surface area contributed by atoms with Gasteiger partial charge >= 0.3 is 0 Å². The summed E-state index contributed by atoms with van der Waals surface area (Å²) in [6, 6.07) is 0. The van der Waals surface area contributed by atoms with E-state index in [0.29, 0.717) is 17.9 Å². The lowest BCUT2D eigenvalue weighted by Gasteiger charge is -2.44. The molecule has 4 nitrogen and oxygen atoms in total. The van der Waals surface area contributed by atoms with Gasteiger partial charge in [0.1, 0.15) is 5.60 Å². The largest absolute Gasteiger partial charge is 0.364 e. The molecule has 2 heterocycles. The van der Waals surface area contributed by atoms with Crippen LogP contribution in [0.3, 0.4) is 0 Å². The summed E-state index contributed by atoms with van der Waals surface area (Å²) in [6.07, 6.45) is 1.82. The molecule has 0 aromatic heterocycles. The van der Waals surface area contributed by atoms with E-state index in [9.17, 15) is 10.1 Å². The first-order valence-corrected chi connectivity index (χ1v) is 6.54. The maximum absolute atomic E-state index is 10.9. The predicted octanol–water partition coefficient (Wildman–Crippen LogP) is 0.788. The summed E-state index contributed by atoms with van der Waals surface area (Å²) in [5.41, 5.74) is -0.291. The van der Waals surface area contributed by atoms with Crippen molar-refractivity contribution in [2.45, 2.75) is 18.1 Å². The van der Waals surface area contributed by atoms with Gasteiger partial charge in [0.25, 0.3) is 0 Å². The van der Waals surface area contributed by atoms with Crippen molar-refractivity contribution in [2.75, 3.05) is 6.54 Å². The van der Waals surface area contributed by atoms with E-state index >= 15 is 0 Å². The molecule has 7 aliphatic rings. The zero-order valence-corrected chi connectivity index (χ0v) is 8.78. The average Bonchev–Trinajstić information content (AvgIpc) is 2.73. The van der Waals surface area contributed by atoms with Crippen molar-refractivity contribution < 1.29 is 9.66 Å². The second-order valence-electron chi connectivity index (χ2n) is 6.95. The molecule has 5 aliphatic carbocycles. The number of nitrogens with zero attached hydrogens (tertiary/aromatic N) is 1. The molecule has 0 amide bonds. The number of nitro groups is 1. The molecule has 0 aromatic rings. The van der Waals surface area contributed by atoms with Crippen molar-refractivity contribution in [3.8, 4) is 0 Å². The molecule has 84 valence electrons. The minimum atomic E-state index is -0.291. The van der Waals surface area contributed by atoms with Gasteiger partial charge in [-0.25, -0.2) is 0 Å². The van der Waals surface area contributed by atoms with Gasteiger partial charge in [-0.3, -0.25) is 10.1 Å². The molecule has 2 aliphatic heterocycles. The third-order valence-electron chi connectivity index (χ3n) is 7.24. The molecule has 4 heteroatoms. The van der Waals surface area contributed by atoms with Gasteiger partial charge in [-0.2, -0.15) is 0 Å². The van der Waals surface area contributed by atoms with Crippen molar-refractivity contribution in [3.05, 3.63) is 10.1 Å². The van der Waals surface area contributed by atoms with Crippen molar-refractivity contribution in [3.63, 3.8) is 0 Å². The fourth-order valence-corrected chi connectivity index (χ4v) is 7.66. The summed E-state index contributed by atoms with van der Waals surface area (Å²) in [5, 5.41) is 10.9. The van der Waals surface area contributed by atoms with Gasteiger partial charge in [-0.15, -0.1) is 0 Å². The molecule has 5 saturated carbocycles. The van der Waals surface area contributed by atoms with E-state index in [2.05, 4.69) is 0 Å². The smallest absolute Gasteiger partial charge is 0.233 e. The summed E-state index contributed by atoms with van der Waals surface area (Å²) in [7, 11) is 0. The van der Waals surface area contributed by atoms with Crippen LogP contribution in [0.2, 0.25) is 0 Å². The third kappa shape index (κ3) is 0.424. The SMILES string of the molecule is O=[N+]([O-])C[C@]12O[C@H]3[C@H]4[C@H]5[C@@H]6C[C@H]([C@@H]5[C@H]41)[C@@H]2[C@@H]63. The molecule has 7 rings (SSSR count). The van der Waals surface area contributed by atoms with Crippen LogP contribution in [0.5, 0.6) is 0 Å². The van der Waals surface area contributed by atoms with Gasteiger partial charge in [0.05, 0.1) is 6.10 Å². The summed E-state index contributed by atoms with van der Waals surface area (Å²) >= 11 is 0. The van der Waals surface area contributed by atoms with Crippen LogP contribution in [-0.4, -0.2) is 23.2 Å². The second kappa shape index (κ2) is 1.74. The van der Waals surface area contributed by atoms with E-state index in [4.69, 9.17) is 4.74 Å². The molecule has 0 spiro atoms. The lowest BCUT2D eigenvalue weighted by Crippen LogP contribution is -2.51. The van der Waals surface area contributed by atoms with Crippen LogP contribution in [0.1, 0.15) is 6.42 Å². The highest BCUT2D eigenvalue weighted by molar-refractivity contribution is 5.39. The molecular formula is C12H13NO3. The highest BCUT2D eigenvalue weighted by atomic mass is 16.6. The van der Waals surface area contributed by atoms with E-state index in [-0.39, 0.29) is 17.1 Å². The van der Waals surface area contributed by atoms with E-state index in [1.807, 2.05) is 0 Å². The fraction of sp³-hybridized carbons (Fsp3) is 1.00. The highest BCUT2D eigenvalue weighted by Crippen LogP contribution is 2.90. The summed E-state index contributed by atoms with van der Waals surface area (Å²) in [4.78, 5) is 10.8. The normalized spacial score (nSPS) is 77.9. The lowest BCUT2D eigenvalue weighted by molar-refractivity contribution is -0.503. The third-order valence-corrected chi connectivity index (χ3v) is 7.24. The van der Waals surface area contributed by atoms with Crippen LogP contribution in [0.25, 0.3) is 0 Å². The summed E-state index contributed by atoms with van der Waals surface area (Å²) in [6.45, 7) is 0.0955. The van der Waals surface area contributed by atoms with Gasteiger partial charge < -0.3 is 4.74 Å². The van der Waals surface area contributed by atoms with Gasteiger partial charge in [-0.05, 0) is 41.9 Å². The lowest BCUT2D eigenvalue weighted by atomic mass is 9.57. The maximum atomic E-state index is 10.9. The van der Waals surface area contributed by atoms with Crippen molar-refractivity contribution >= 4 is 0 Å². The Kier molecular flexibility index (Phi) is 0.832. The topological polar surface area (TPSA) is 52.4 Å². The molecule has 0 aromatic carbocycles. The molecule has 0 radical (unpaired) electrons.